The minimum atomic E-state index is -0.408. The summed E-state index contributed by atoms with van der Waals surface area (Å²) in [6.07, 6.45) is 1.07. The van der Waals surface area contributed by atoms with Gasteiger partial charge in [-0.3, -0.25) is 0 Å². The van der Waals surface area contributed by atoms with Gasteiger partial charge in [0.1, 0.15) is 0 Å². The Balaban J connectivity index is 4.15. The summed E-state index contributed by atoms with van der Waals surface area (Å²) < 4.78 is 10.9. The summed E-state index contributed by atoms with van der Waals surface area (Å²) in [5.41, 5.74) is -0.172. The highest BCUT2D eigenvalue weighted by molar-refractivity contribution is 4.77. The summed E-state index contributed by atoms with van der Waals surface area (Å²) in [4.78, 5) is 0. The molecule has 0 rings (SSSR count). The van der Waals surface area contributed by atoms with E-state index >= 15 is 0 Å². The molecule has 0 bridgehead atoms. The Morgan fingerprint density at radius 1 is 1.25 bits per heavy atom. The van der Waals surface area contributed by atoms with E-state index in [0.717, 1.165) is 6.42 Å². The van der Waals surface area contributed by atoms with Gasteiger partial charge in [-0.1, -0.05) is 13.8 Å². The molecule has 0 aromatic carbocycles. The van der Waals surface area contributed by atoms with Crippen molar-refractivity contribution in [3.8, 4) is 0 Å². The van der Waals surface area contributed by atoms with Gasteiger partial charge >= 0.3 is 0 Å². The molecule has 0 aliphatic heterocycles. The minimum absolute atomic E-state index is 0.0716. The Bertz CT molecular complexity index is 178. The van der Waals surface area contributed by atoms with E-state index in [0.29, 0.717) is 18.9 Å². The van der Waals surface area contributed by atoms with E-state index in [2.05, 4.69) is 13.8 Å². The fourth-order valence-electron chi connectivity index (χ4n) is 1.70. The molecule has 3 nitrogen and oxygen atoms in total. The van der Waals surface area contributed by atoms with Gasteiger partial charge in [-0.15, -0.1) is 0 Å². The highest BCUT2D eigenvalue weighted by atomic mass is 16.5. The van der Waals surface area contributed by atoms with Crippen LogP contribution in [0.25, 0.3) is 0 Å². The van der Waals surface area contributed by atoms with Gasteiger partial charge in [-0.25, -0.2) is 0 Å². The lowest BCUT2D eigenvalue weighted by atomic mass is 9.93. The van der Waals surface area contributed by atoms with E-state index in [1.807, 2.05) is 20.8 Å². The largest absolute Gasteiger partial charge is 0.390 e. The number of hydrogen-bond acceptors (Lipinski definition) is 3. The molecule has 16 heavy (non-hydrogen) atoms. The molecule has 2 unspecified atom stereocenters. The quantitative estimate of drug-likeness (QED) is 0.699. The molecular weight excluding hydrogens is 204 g/mol. The molecule has 0 fully saturated rings. The Morgan fingerprint density at radius 2 is 1.81 bits per heavy atom. The van der Waals surface area contributed by atoms with Gasteiger partial charge < -0.3 is 14.6 Å². The summed E-state index contributed by atoms with van der Waals surface area (Å²) in [6, 6.07) is 0. The zero-order valence-electron chi connectivity index (χ0n) is 11.6. The van der Waals surface area contributed by atoms with Crippen LogP contribution in [0.2, 0.25) is 0 Å². The van der Waals surface area contributed by atoms with Crippen LogP contribution < -0.4 is 0 Å². The van der Waals surface area contributed by atoms with Crippen molar-refractivity contribution in [3.63, 3.8) is 0 Å². The average molecular weight is 232 g/mol. The SMILES string of the molecule is CCOC(C(C)C)C(O)CCC(C)(C)OC. The van der Waals surface area contributed by atoms with Gasteiger partial charge in [0.2, 0.25) is 0 Å². The smallest absolute Gasteiger partial charge is 0.0856 e. The lowest BCUT2D eigenvalue weighted by Gasteiger charge is -2.29. The van der Waals surface area contributed by atoms with E-state index in [1.54, 1.807) is 7.11 Å². The van der Waals surface area contributed by atoms with Gasteiger partial charge in [0.05, 0.1) is 17.8 Å². The second-order valence-corrected chi connectivity index (χ2v) is 5.23. The third-order valence-electron chi connectivity index (χ3n) is 2.99. The third-order valence-corrected chi connectivity index (χ3v) is 2.99. The molecule has 2 atom stereocenters. The fourth-order valence-corrected chi connectivity index (χ4v) is 1.70. The van der Waals surface area contributed by atoms with Crippen LogP contribution in [0.5, 0.6) is 0 Å². The maximum atomic E-state index is 10.1. The lowest BCUT2D eigenvalue weighted by Crippen LogP contribution is -2.35. The van der Waals surface area contributed by atoms with Crippen molar-refractivity contribution in [2.24, 2.45) is 5.92 Å². The average Bonchev–Trinajstić information content (AvgIpc) is 2.22. The number of methoxy groups -OCH3 is 1. The highest BCUT2D eigenvalue weighted by Gasteiger charge is 2.26. The maximum absolute atomic E-state index is 10.1. The van der Waals surface area contributed by atoms with E-state index < -0.39 is 6.10 Å². The summed E-state index contributed by atoms with van der Waals surface area (Å²) in [5, 5.41) is 10.1. The number of aliphatic hydroxyl groups is 1. The molecule has 0 amide bonds. The minimum Gasteiger partial charge on any atom is -0.390 e. The summed E-state index contributed by atoms with van der Waals surface area (Å²) in [7, 11) is 1.70. The zero-order valence-corrected chi connectivity index (χ0v) is 11.6. The lowest BCUT2D eigenvalue weighted by molar-refractivity contribution is -0.0708. The Hall–Kier alpha value is -0.120. The van der Waals surface area contributed by atoms with Crippen LogP contribution in [0, 0.1) is 5.92 Å². The number of hydrogen-bond donors (Lipinski definition) is 1. The molecule has 0 aliphatic carbocycles. The van der Waals surface area contributed by atoms with Crippen LogP contribution in [0.3, 0.4) is 0 Å². The summed E-state index contributed by atoms with van der Waals surface area (Å²) >= 11 is 0. The molecule has 0 aliphatic rings. The Morgan fingerprint density at radius 3 is 2.19 bits per heavy atom. The monoisotopic (exact) mass is 232 g/mol. The van der Waals surface area contributed by atoms with E-state index in [4.69, 9.17) is 9.47 Å². The van der Waals surface area contributed by atoms with Crippen molar-refractivity contribution >= 4 is 0 Å². The van der Waals surface area contributed by atoms with Crippen LogP contribution >= 0.6 is 0 Å². The molecule has 0 saturated heterocycles. The molecule has 0 spiro atoms. The normalized spacial score (nSPS) is 16.5. The number of rotatable bonds is 8. The topological polar surface area (TPSA) is 38.7 Å². The standard InChI is InChI=1S/C13H28O3/c1-7-16-12(10(2)3)11(14)8-9-13(4,5)15-6/h10-12,14H,7-9H2,1-6H3. The van der Waals surface area contributed by atoms with Crippen molar-refractivity contribution in [1.82, 2.24) is 0 Å². The first-order valence-electron chi connectivity index (χ1n) is 6.19. The van der Waals surface area contributed by atoms with Crippen LogP contribution in [-0.4, -0.2) is 36.6 Å². The van der Waals surface area contributed by atoms with Crippen LogP contribution in [0.1, 0.15) is 47.5 Å². The molecule has 0 aromatic rings. The number of aliphatic hydroxyl groups excluding tert-OH is 1. The molecular formula is C13H28O3. The van der Waals surface area contributed by atoms with E-state index in [1.165, 1.54) is 0 Å². The van der Waals surface area contributed by atoms with Gasteiger partial charge in [0.25, 0.3) is 0 Å². The van der Waals surface area contributed by atoms with Crippen LogP contribution in [-0.2, 0) is 9.47 Å². The van der Waals surface area contributed by atoms with Crippen molar-refractivity contribution in [2.75, 3.05) is 13.7 Å². The van der Waals surface area contributed by atoms with Gasteiger partial charge in [0, 0.05) is 13.7 Å². The second kappa shape index (κ2) is 7.25. The first-order valence-corrected chi connectivity index (χ1v) is 6.19. The molecule has 0 saturated carbocycles. The van der Waals surface area contributed by atoms with Crippen molar-refractivity contribution < 1.29 is 14.6 Å². The highest BCUT2D eigenvalue weighted by Crippen LogP contribution is 2.21. The fraction of sp³-hybridized carbons (Fsp3) is 1.00. The predicted molar refractivity (Wildman–Crippen MR) is 66.6 cm³/mol. The Kier molecular flexibility index (Phi) is 7.20. The van der Waals surface area contributed by atoms with Crippen molar-refractivity contribution in [1.29, 1.82) is 0 Å². The third kappa shape index (κ3) is 5.83. The zero-order chi connectivity index (χ0) is 12.8. The van der Waals surface area contributed by atoms with E-state index in [9.17, 15) is 5.11 Å². The van der Waals surface area contributed by atoms with Gasteiger partial charge in [-0.2, -0.15) is 0 Å². The van der Waals surface area contributed by atoms with Gasteiger partial charge in [0.15, 0.2) is 0 Å². The molecule has 0 aromatic heterocycles. The van der Waals surface area contributed by atoms with E-state index in [-0.39, 0.29) is 11.7 Å². The predicted octanol–water partition coefficient (Wildman–Crippen LogP) is 2.61. The summed E-state index contributed by atoms with van der Waals surface area (Å²) in [5.74, 6) is 0.334. The van der Waals surface area contributed by atoms with Crippen molar-refractivity contribution in [3.05, 3.63) is 0 Å². The first-order chi connectivity index (χ1) is 7.34. The second-order valence-electron chi connectivity index (χ2n) is 5.23. The van der Waals surface area contributed by atoms with Crippen LogP contribution in [0.4, 0.5) is 0 Å². The van der Waals surface area contributed by atoms with Gasteiger partial charge in [-0.05, 0) is 39.5 Å². The molecule has 1 N–H and O–H groups in total. The van der Waals surface area contributed by atoms with Crippen LogP contribution in [0.15, 0.2) is 0 Å². The maximum Gasteiger partial charge on any atom is 0.0856 e. The Labute approximate surface area is 100 Å². The molecule has 98 valence electrons. The van der Waals surface area contributed by atoms with Crippen molar-refractivity contribution in [2.45, 2.75) is 65.3 Å². The number of ether oxygens (including phenoxy) is 2. The first kappa shape index (κ1) is 15.9. The molecule has 0 heterocycles. The molecule has 0 radical (unpaired) electrons. The summed E-state index contributed by atoms with van der Waals surface area (Å²) in [6.45, 7) is 10.8. The molecule has 3 heteroatoms.